The maximum Gasteiger partial charge on any atom is 0.276 e. The number of rotatable bonds is 2. The quantitative estimate of drug-likeness (QED) is 0.433. The van der Waals surface area contributed by atoms with E-state index in [0.29, 0.717) is 36.5 Å². The van der Waals surface area contributed by atoms with Gasteiger partial charge in [0.1, 0.15) is 11.5 Å². The standard InChI is InChI=1S/C20H16F3N3O.C2H6/c1-2-24-20(27)12-5-6-26-18-4-3-11(7-17(18)25-19(26)8-12)13-9-15(22)16(23)10-14(13)21;1-2/h2,5-6,8-11H,3-4,7H2,1H3;1-2H3. The highest BCUT2D eigenvalue weighted by molar-refractivity contribution is 5.99. The molecule has 4 rings (SSSR count). The van der Waals surface area contributed by atoms with Gasteiger partial charge in [0.2, 0.25) is 0 Å². The number of pyridine rings is 1. The number of nitrogens with zero attached hydrogens (tertiary/aromatic N) is 3. The number of hydrogen-bond donors (Lipinski definition) is 0. The van der Waals surface area contributed by atoms with Gasteiger partial charge in [0.15, 0.2) is 11.6 Å². The number of aromatic nitrogens is 2. The van der Waals surface area contributed by atoms with Crippen molar-refractivity contribution in [2.24, 2.45) is 4.99 Å². The third-order valence-electron chi connectivity index (χ3n) is 4.95. The summed E-state index contributed by atoms with van der Waals surface area (Å²) < 4.78 is 42.8. The van der Waals surface area contributed by atoms with Crippen LogP contribution in [0.2, 0.25) is 0 Å². The number of carbonyl (C=O) groups excluding carboxylic acids is 1. The molecule has 7 heteroatoms. The highest BCUT2D eigenvalue weighted by atomic mass is 19.2. The molecular formula is C22H22F3N3O. The second-order valence-electron chi connectivity index (χ2n) is 6.57. The van der Waals surface area contributed by atoms with E-state index in [4.69, 9.17) is 0 Å². The van der Waals surface area contributed by atoms with Crippen molar-refractivity contribution >= 4 is 17.8 Å². The molecule has 1 aliphatic rings. The second-order valence-corrected chi connectivity index (χ2v) is 6.57. The number of benzene rings is 1. The fourth-order valence-corrected chi connectivity index (χ4v) is 3.66. The molecule has 0 saturated carbocycles. The van der Waals surface area contributed by atoms with Gasteiger partial charge in [0.25, 0.3) is 5.91 Å². The highest BCUT2D eigenvalue weighted by Gasteiger charge is 2.27. The third-order valence-corrected chi connectivity index (χ3v) is 4.95. The van der Waals surface area contributed by atoms with E-state index in [1.54, 1.807) is 25.3 Å². The van der Waals surface area contributed by atoms with Crippen LogP contribution in [0.4, 0.5) is 13.2 Å². The molecular weight excluding hydrogens is 379 g/mol. The molecule has 4 nitrogen and oxygen atoms in total. The molecule has 1 unspecified atom stereocenters. The van der Waals surface area contributed by atoms with Gasteiger partial charge in [-0.3, -0.25) is 4.79 Å². The summed E-state index contributed by atoms with van der Waals surface area (Å²) in [6, 6.07) is 4.89. The molecule has 1 atom stereocenters. The van der Waals surface area contributed by atoms with Crippen LogP contribution in [-0.2, 0) is 12.8 Å². The van der Waals surface area contributed by atoms with Crippen LogP contribution < -0.4 is 0 Å². The lowest BCUT2D eigenvalue weighted by Crippen LogP contribution is -2.15. The number of halogens is 3. The van der Waals surface area contributed by atoms with Crippen LogP contribution in [0.25, 0.3) is 5.65 Å². The first-order valence-corrected chi connectivity index (χ1v) is 9.65. The van der Waals surface area contributed by atoms with Gasteiger partial charge in [-0.15, -0.1) is 0 Å². The van der Waals surface area contributed by atoms with E-state index in [2.05, 4.69) is 9.98 Å². The van der Waals surface area contributed by atoms with Gasteiger partial charge < -0.3 is 4.40 Å². The van der Waals surface area contributed by atoms with Crippen LogP contribution >= 0.6 is 0 Å². The molecule has 0 saturated heterocycles. The topological polar surface area (TPSA) is 46.7 Å². The van der Waals surface area contributed by atoms with Crippen molar-refractivity contribution in [2.45, 2.75) is 46.0 Å². The molecule has 0 radical (unpaired) electrons. The van der Waals surface area contributed by atoms with Gasteiger partial charge >= 0.3 is 0 Å². The zero-order valence-electron chi connectivity index (χ0n) is 16.5. The largest absolute Gasteiger partial charge is 0.304 e. The molecule has 152 valence electrons. The summed E-state index contributed by atoms with van der Waals surface area (Å²) in [7, 11) is 0. The lowest BCUT2D eigenvalue weighted by atomic mass is 9.84. The molecule has 3 aromatic rings. The van der Waals surface area contributed by atoms with Crippen molar-refractivity contribution in [3.63, 3.8) is 0 Å². The molecule has 29 heavy (non-hydrogen) atoms. The van der Waals surface area contributed by atoms with Crippen molar-refractivity contribution in [2.75, 3.05) is 0 Å². The van der Waals surface area contributed by atoms with Crippen molar-refractivity contribution in [3.8, 4) is 0 Å². The van der Waals surface area contributed by atoms with E-state index in [-0.39, 0.29) is 17.4 Å². The fraction of sp³-hybridized carbons (Fsp3) is 0.318. The van der Waals surface area contributed by atoms with Crippen LogP contribution in [0.15, 0.2) is 35.5 Å². The van der Waals surface area contributed by atoms with Gasteiger partial charge in [0, 0.05) is 29.7 Å². The monoisotopic (exact) mass is 401 g/mol. The van der Waals surface area contributed by atoms with Gasteiger partial charge in [-0.05, 0) is 55.9 Å². The van der Waals surface area contributed by atoms with Crippen molar-refractivity contribution < 1.29 is 18.0 Å². The zero-order chi connectivity index (χ0) is 21.1. The van der Waals surface area contributed by atoms with Crippen LogP contribution in [-0.4, -0.2) is 21.5 Å². The van der Waals surface area contributed by atoms with E-state index in [9.17, 15) is 18.0 Å². The highest BCUT2D eigenvalue weighted by Crippen LogP contribution is 2.35. The molecule has 0 fully saturated rings. The molecule has 0 spiro atoms. The Kier molecular flexibility index (Phi) is 6.15. The molecule has 0 bridgehead atoms. The van der Waals surface area contributed by atoms with E-state index < -0.39 is 17.5 Å². The molecule has 1 amide bonds. The molecule has 0 aliphatic heterocycles. The summed E-state index contributed by atoms with van der Waals surface area (Å²) in [6.45, 7) is 5.67. The summed E-state index contributed by atoms with van der Waals surface area (Å²) in [5, 5.41) is 0. The third kappa shape index (κ3) is 3.95. The van der Waals surface area contributed by atoms with Crippen LogP contribution in [0, 0.1) is 17.5 Å². The number of aryl methyl sites for hydroxylation is 1. The zero-order valence-corrected chi connectivity index (χ0v) is 16.5. The van der Waals surface area contributed by atoms with Crippen molar-refractivity contribution in [3.05, 3.63) is 70.4 Å². The van der Waals surface area contributed by atoms with Gasteiger partial charge in [-0.2, -0.15) is 0 Å². The second kappa shape index (κ2) is 8.59. The first kappa shape index (κ1) is 20.8. The number of fused-ring (bicyclic) bond motifs is 3. The minimum atomic E-state index is -1.19. The summed E-state index contributed by atoms with van der Waals surface area (Å²) in [5.41, 5.74) is 2.99. The Bertz CT molecular complexity index is 1090. The van der Waals surface area contributed by atoms with Crippen LogP contribution in [0.1, 0.15) is 60.4 Å². The summed E-state index contributed by atoms with van der Waals surface area (Å²) >= 11 is 0. The van der Waals surface area contributed by atoms with Gasteiger partial charge in [-0.1, -0.05) is 13.8 Å². The molecule has 2 aromatic heterocycles. The number of amides is 1. The summed E-state index contributed by atoms with van der Waals surface area (Å²) in [4.78, 5) is 20.2. The predicted molar refractivity (Wildman–Crippen MR) is 106 cm³/mol. The smallest absolute Gasteiger partial charge is 0.276 e. The Morgan fingerprint density at radius 1 is 1.17 bits per heavy atom. The normalized spacial score (nSPS) is 15.9. The first-order valence-electron chi connectivity index (χ1n) is 9.65. The first-order chi connectivity index (χ1) is 14.0. The average molecular weight is 401 g/mol. The minimum absolute atomic E-state index is 0.171. The maximum atomic E-state index is 14.1. The Hall–Kier alpha value is -2.96. The number of aliphatic imine (C=N–C) groups is 1. The Balaban J connectivity index is 0.00000117. The molecule has 2 heterocycles. The predicted octanol–water partition coefficient (Wildman–Crippen LogP) is 5.28. The van der Waals surface area contributed by atoms with Crippen LogP contribution in [0.3, 0.4) is 0 Å². The van der Waals surface area contributed by atoms with E-state index in [1.807, 2.05) is 18.2 Å². The molecule has 1 aliphatic carbocycles. The fourth-order valence-electron chi connectivity index (χ4n) is 3.66. The van der Waals surface area contributed by atoms with E-state index >= 15 is 0 Å². The maximum absolute atomic E-state index is 14.1. The average Bonchev–Trinajstić information content (AvgIpc) is 3.09. The molecule has 1 aromatic carbocycles. The van der Waals surface area contributed by atoms with Crippen molar-refractivity contribution in [1.82, 2.24) is 9.38 Å². The molecule has 0 N–H and O–H groups in total. The number of carbonyl (C=O) groups is 1. The Morgan fingerprint density at radius 2 is 1.90 bits per heavy atom. The lowest BCUT2D eigenvalue weighted by molar-refractivity contribution is 0.100. The Morgan fingerprint density at radius 3 is 2.62 bits per heavy atom. The summed E-state index contributed by atoms with van der Waals surface area (Å²) in [5.74, 6) is -3.60. The number of hydrogen-bond acceptors (Lipinski definition) is 2. The van der Waals surface area contributed by atoms with Gasteiger partial charge in [-0.25, -0.2) is 23.1 Å². The van der Waals surface area contributed by atoms with Crippen LogP contribution in [0.5, 0.6) is 0 Å². The number of imidazole rings is 1. The lowest BCUT2D eigenvalue weighted by Gasteiger charge is -2.22. The SMILES string of the molecule is CC.CC=NC(=O)c1ccn2c3c(nc2c1)CC(c1cc(F)c(F)cc1F)CC3. The minimum Gasteiger partial charge on any atom is -0.304 e. The summed E-state index contributed by atoms with van der Waals surface area (Å²) in [6.07, 6.45) is 4.86. The van der Waals surface area contributed by atoms with Crippen molar-refractivity contribution in [1.29, 1.82) is 0 Å². The van der Waals surface area contributed by atoms with Gasteiger partial charge in [0.05, 0.1) is 5.69 Å². The van der Waals surface area contributed by atoms with E-state index in [0.717, 1.165) is 17.5 Å². The Labute approximate surface area is 167 Å². The van der Waals surface area contributed by atoms with E-state index in [1.165, 1.54) is 6.21 Å².